The number of amides is 1. The minimum atomic E-state index is -0.0726. The van der Waals surface area contributed by atoms with Gasteiger partial charge in [-0.05, 0) is 43.5 Å². The van der Waals surface area contributed by atoms with E-state index in [9.17, 15) is 4.79 Å². The van der Waals surface area contributed by atoms with Gasteiger partial charge in [0.25, 0.3) is 0 Å². The highest BCUT2D eigenvalue weighted by atomic mass is 16.5. The number of hydrogen-bond acceptors (Lipinski definition) is 4. The van der Waals surface area contributed by atoms with Crippen molar-refractivity contribution in [2.45, 2.75) is 38.3 Å². The van der Waals surface area contributed by atoms with Gasteiger partial charge in [0, 0.05) is 12.1 Å². The first-order valence-corrected chi connectivity index (χ1v) is 8.05. The minimum Gasteiger partial charge on any atom is -0.493 e. The Hall–Kier alpha value is -2.01. The highest BCUT2D eigenvalue weighted by Crippen LogP contribution is 2.33. The van der Waals surface area contributed by atoms with Gasteiger partial charge in [-0.3, -0.25) is 4.79 Å². The average molecular weight is 318 g/mol. The van der Waals surface area contributed by atoms with Crippen LogP contribution >= 0.6 is 0 Å². The first kappa shape index (κ1) is 17.3. The number of methoxy groups -OCH3 is 2. The lowest BCUT2D eigenvalue weighted by Crippen LogP contribution is -2.46. The Balaban J connectivity index is 2.08. The molecule has 1 amide bonds. The molecule has 0 aliphatic carbocycles. The van der Waals surface area contributed by atoms with Crippen molar-refractivity contribution in [3.63, 3.8) is 0 Å². The van der Waals surface area contributed by atoms with Crippen molar-refractivity contribution in [3.8, 4) is 11.5 Å². The first-order chi connectivity index (χ1) is 11.2. The molecule has 1 aliphatic heterocycles. The monoisotopic (exact) mass is 318 g/mol. The molecule has 0 unspecified atom stereocenters. The Kier molecular flexibility index (Phi) is 6.47. The summed E-state index contributed by atoms with van der Waals surface area (Å²) in [5.74, 6) is 1.45. The van der Waals surface area contributed by atoms with Crippen LogP contribution in [0.25, 0.3) is 0 Å². The molecule has 2 N–H and O–H groups in total. The Morgan fingerprint density at radius 1 is 1.39 bits per heavy atom. The predicted octanol–water partition coefficient (Wildman–Crippen LogP) is 2.19. The molecule has 0 bridgehead atoms. The van der Waals surface area contributed by atoms with E-state index in [0.29, 0.717) is 18.7 Å². The lowest BCUT2D eigenvalue weighted by Gasteiger charge is -2.22. The molecule has 0 aromatic heterocycles. The predicted molar refractivity (Wildman–Crippen MR) is 90.9 cm³/mol. The molecule has 0 saturated carbocycles. The van der Waals surface area contributed by atoms with Crippen molar-refractivity contribution >= 4 is 5.91 Å². The number of carbonyl (C=O) groups is 1. The third-order valence-corrected chi connectivity index (χ3v) is 4.07. The van der Waals surface area contributed by atoms with Crippen LogP contribution in [0.15, 0.2) is 24.8 Å². The second-order valence-electron chi connectivity index (χ2n) is 5.70. The number of piperidine rings is 1. The molecule has 0 radical (unpaired) electrons. The highest BCUT2D eigenvalue weighted by Gasteiger charge is 2.20. The third-order valence-electron chi connectivity index (χ3n) is 4.07. The standard InChI is InChI=1S/C18H26N2O3/c1-4-7-14-10-13(11-16(22-2)17(14)23-3)12-20-18(21)15-8-5-6-9-19-15/h4,10-11,15,19H,1,5-9,12H2,2-3H3,(H,20,21)/t15-/m0/s1. The van der Waals surface area contributed by atoms with Crippen molar-refractivity contribution in [1.29, 1.82) is 0 Å². The van der Waals surface area contributed by atoms with Crippen molar-refractivity contribution in [2.75, 3.05) is 20.8 Å². The third kappa shape index (κ3) is 4.48. The Morgan fingerprint density at radius 2 is 2.22 bits per heavy atom. The number of rotatable bonds is 7. The van der Waals surface area contributed by atoms with Gasteiger partial charge >= 0.3 is 0 Å². The van der Waals surface area contributed by atoms with E-state index in [1.807, 2.05) is 18.2 Å². The van der Waals surface area contributed by atoms with Gasteiger partial charge in [-0.2, -0.15) is 0 Å². The molecule has 1 saturated heterocycles. The van der Waals surface area contributed by atoms with Crippen LogP contribution in [-0.4, -0.2) is 32.7 Å². The molecular weight excluding hydrogens is 292 g/mol. The number of allylic oxidation sites excluding steroid dienone is 1. The van der Waals surface area contributed by atoms with Crippen LogP contribution in [0.2, 0.25) is 0 Å². The van der Waals surface area contributed by atoms with Crippen LogP contribution in [0, 0.1) is 0 Å². The van der Waals surface area contributed by atoms with E-state index in [0.717, 1.165) is 42.7 Å². The molecule has 23 heavy (non-hydrogen) atoms. The zero-order valence-electron chi connectivity index (χ0n) is 14.0. The molecule has 1 aromatic rings. The maximum Gasteiger partial charge on any atom is 0.237 e. The lowest BCUT2D eigenvalue weighted by atomic mass is 10.0. The Labute approximate surface area is 138 Å². The van der Waals surface area contributed by atoms with E-state index >= 15 is 0 Å². The van der Waals surface area contributed by atoms with Gasteiger partial charge in [-0.1, -0.05) is 12.5 Å². The van der Waals surface area contributed by atoms with Crippen LogP contribution in [0.5, 0.6) is 11.5 Å². The highest BCUT2D eigenvalue weighted by molar-refractivity contribution is 5.81. The van der Waals surface area contributed by atoms with Gasteiger partial charge in [0.05, 0.1) is 20.3 Å². The van der Waals surface area contributed by atoms with Gasteiger partial charge in [-0.25, -0.2) is 0 Å². The molecule has 5 heteroatoms. The van der Waals surface area contributed by atoms with E-state index in [1.165, 1.54) is 0 Å². The number of carbonyl (C=O) groups excluding carboxylic acids is 1. The fourth-order valence-electron chi connectivity index (χ4n) is 2.90. The fraction of sp³-hybridized carbons (Fsp3) is 0.500. The van der Waals surface area contributed by atoms with Crippen LogP contribution in [0.1, 0.15) is 30.4 Å². The van der Waals surface area contributed by atoms with Crippen LogP contribution in [0.3, 0.4) is 0 Å². The summed E-state index contributed by atoms with van der Waals surface area (Å²) in [5, 5.41) is 6.26. The maximum atomic E-state index is 12.2. The number of hydrogen-bond donors (Lipinski definition) is 2. The Bertz CT molecular complexity index is 551. The summed E-state index contributed by atoms with van der Waals surface area (Å²) in [6, 6.07) is 3.86. The van der Waals surface area contributed by atoms with E-state index in [1.54, 1.807) is 14.2 Å². The summed E-state index contributed by atoms with van der Waals surface area (Å²) in [4.78, 5) is 12.2. The molecule has 1 aliphatic rings. The van der Waals surface area contributed by atoms with E-state index in [4.69, 9.17) is 9.47 Å². The summed E-state index contributed by atoms with van der Waals surface area (Å²) < 4.78 is 10.8. The zero-order chi connectivity index (χ0) is 16.7. The molecule has 1 fully saturated rings. The number of benzene rings is 1. The molecule has 1 heterocycles. The summed E-state index contributed by atoms with van der Waals surface area (Å²) in [7, 11) is 3.24. The fourth-order valence-corrected chi connectivity index (χ4v) is 2.90. The molecular formula is C18H26N2O3. The second kappa shape index (κ2) is 8.58. The van der Waals surface area contributed by atoms with Crippen molar-refractivity contribution in [3.05, 3.63) is 35.9 Å². The normalized spacial score (nSPS) is 17.4. The minimum absolute atomic E-state index is 0.0600. The average Bonchev–Trinajstić information content (AvgIpc) is 2.60. The lowest BCUT2D eigenvalue weighted by molar-refractivity contribution is -0.123. The summed E-state index contributed by atoms with van der Waals surface area (Å²) in [5.41, 5.74) is 1.99. The number of nitrogens with one attached hydrogen (secondary N) is 2. The van der Waals surface area contributed by atoms with Gasteiger partial charge in [0.1, 0.15) is 0 Å². The smallest absolute Gasteiger partial charge is 0.237 e. The topological polar surface area (TPSA) is 59.6 Å². The first-order valence-electron chi connectivity index (χ1n) is 8.05. The summed E-state index contributed by atoms with van der Waals surface area (Å²) >= 11 is 0. The van der Waals surface area contributed by atoms with Crippen LogP contribution in [-0.2, 0) is 17.8 Å². The molecule has 2 rings (SSSR count). The molecule has 1 atom stereocenters. The number of ether oxygens (including phenoxy) is 2. The van der Waals surface area contributed by atoms with Crippen molar-refractivity contribution in [2.24, 2.45) is 0 Å². The van der Waals surface area contributed by atoms with Crippen LogP contribution in [0.4, 0.5) is 0 Å². The summed E-state index contributed by atoms with van der Waals surface area (Å²) in [6.07, 6.45) is 5.66. The van der Waals surface area contributed by atoms with Crippen molar-refractivity contribution in [1.82, 2.24) is 10.6 Å². The van der Waals surface area contributed by atoms with Gasteiger partial charge < -0.3 is 20.1 Å². The molecule has 126 valence electrons. The largest absolute Gasteiger partial charge is 0.493 e. The van der Waals surface area contributed by atoms with E-state index in [-0.39, 0.29) is 11.9 Å². The zero-order valence-corrected chi connectivity index (χ0v) is 14.0. The molecule has 5 nitrogen and oxygen atoms in total. The second-order valence-corrected chi connectivity index (χ2v) is 5.70. The van der Waals surface area contributed by atoms with Crippen LogP contribution < -0.4 is 20.1 Å². The molecule has 1 aromatic carbocycles. The van der Waals surface area contributed by atoms with E-state index in [2.05, 4.69) is 17.2 Å². The van der Waals surface area contributed by atoms with Crippen molar-refractivity contribution < 1.29 is 14.3 Å². The maximum absolute atomic E-state index is 12.2. The van der Waals surface area contributed by atoms with E-state index < -0.39 is 0 Å². The summed E-state index contributed by atoms with van der Waals surface area (Å²) in [6.45, 7) is 5.17. The van der Waals surface area contributed by atoms with Gasteiger partial charge in [0.15, 0.2) is 11.5 Å². The van der Waals surface area contributed by atoms with Gasteiger partial charge in [-0.15, -0.1) is 6.58 Å². The van der Waals surface area contributed by atoms with Gasteiger partial charge in [0.2, 0.25) is 5.91 Å². The quantitative estimate of drug-likeness (QED) is 0.757. The SMILES string of the molecule is C=CCc1cc(CNC(=O)[C@@H]2CCCCN2)cc(OC)c1OC. The Morgan fingerprint density at radius 3 is 2.83 bits per heavy atom. The molecule has 0 spiro atoms.